The highest BCUT2D eigenvalue weighted by atomic mass is 16.5. The average Bonchev–Trinajstić information content (AvgIpc) is 2.87. The lowest BCUT2D eigenvalue weighted by atomic mass is 9.83. The predicted molar refractivity (Wildman–Crippen MR) is 78.2 cm³/mol. The summed E-state index contributed by atoms with van der Waals surface area (Å²) in [5.41, 5.74) is 5.59. The molecule has 3 aliphatic rings. The van der Waals surface area contributed by atoms with Gasteiger partial charge in [-0.05, 0) is 51.4 Å². The van der Waals surface area contributed by atoms with Crippen LogP contribution in [-0.4, -0.2) is 30.2 Å². The zero-order valence-corrected chi connectivity index (χ0v) is 12.4. The van der Waals surface area contributed by atoms with Crippen LogP contribution in [0, 0.1) is 5.92 Å². The minimum atomic E-state index is -0.112. The predicted octanol–water partition coefficient (Wildman–Crippen LogP) is 2.11. The number of amides is 1. The molecule has 1 heterocycles. The maximum Gasteiger partial charge on any atom is 0.220 e. The molecule has 0 aromatic heterocycles. The van der Waals surface area contributed by atoms with E-state index in [0.717, 1.165) is 38.7 Å². The largest absolute Gasteiger partial charge is 0.375 e. The van der Waals surface area contributed by atoms with E-state index in [4.69, 9.17) is 10.5 Å². The maximum absolute atomic E-state index is 11.2. The van der Waals surface area contributed by atoms with Gasteiger partial charge in [0.2, 0.25) is 5.91 Å². The van der Waals surface area contributed by atoms with Gasteiger partial charge in [0.15, 0.2) is 0 Å². The Balaban J connectivity index is 1.47. The van der Waals surface area contributed by atoms with Crippen molar-refractivity contribution in [1.82, 2.24) is 5.32 Å². The van der Waals surface area contributed by atoms with E-state index in [1.165, 1.54) is 32.1 Å². The van der Waals surface area contributed by atoms with Crippen molar-refractivity contribution in [2.24, 2.45) is 11.7 Å². The highest BCUT2D eigenvalue weighted by Gasteiger charge is 2.40. The first kappa shape index (κ1) is 14.3. The monoisotopic (exact) mass is 280 g/mol. The van der Waals surface area contributed by atoms with E-state index in [1.54, 1.807) is 0 Å². The first-order valence-electron chi connectivity index (χ1n) is 8.36. The van der Waals surface area contributed by atoms with Gasteiger partial charge < -0.3 is 15.8 Å². The van der Waals surface area contributed by atoms with Crippen LogP contribution in [0.5, 0.6) is 0 Å². The van der Waals surface area contributed by atoms with Gasteiger partial charge in [0.1, 0.15) is 0 Å². The van der Waals surface area contributed by atoms with Crippen LogP contribution in [0.15, 0.2) is 0 Å². The number of nitrogens with two attached hydrogens (primary N) is 1. The summed E-state index contributed by atoms with van der Waals surface area (Å²) >= 11 is 0. The number of carbonyl (C=O) groups is 1. The Bertz CT molecular complexity index is 344. The minimum Gasteiger partial charge on any atom is -0.375 e. The molecule has 0 aromatic rings. The molecular formula is C16H28N2O2. The second-order valence-electron chi connectivity index (χ2n) is 7.05. The van der Waals surface area contributed by atoms with Crippen molar-refractivity contribution < 1.29 is 9.53 Å². The first-order valence-corrected chi connectivity index (χ1v) is 8.36. The molecule has 4 nitrogen and oxygen atoms in total. The summed E-state index contributed by atoms with van der Waals surface area (Å²) in [6, 6.07) is 1.18. The van der Waals surface area contributed by atoms with Gasteiger partial charge in [-0.25, -0.2) is 0 Å². The van der Waals surface area contributed by atoms with Crippen molar-refractivity contribution in [3.63, 3.8) is 0 Å². The quantitative estimate of drug-likeness (QED) is 0.832. The zero-order chi connectivity index (χ0) is 14.0. The third kappa shape index (κ3) is 3.17. The molecule has 1 aliphatic heterocycles. The van der Waals surface area contributed by atoms with Gasteiger partial charge in [0, 0.05) is 24.6 Å². The normalized spacial score (nSPS) is 37.1. The Labute approximate surface area is 121 Å². The SMILES string of the molecule is NC(=O)C1CCC(NC2CCOC3(CCCC3)C2)CC1. The summed E-state index contributed by atoms with van der Waals surface area (Å²) in [6.07, 6.45) is 11.6. The van der Waals surface area contributed by atoms with Gasteiger partial charge >= 0.3 is 0 Å². The van der Waals surface area contributed by atoms with Crippen LogP contribution in [0.2, 0.25) is 0 Å². The van der Waals surface area contributed by atoms with Gasteiger partial charge in [0.05, 0.1) is 5.60 Å². The lowest BCUT2D eigenvalue weighted by molar-refractivity contribution is -0.122. The molecule has 3 N–H and O–H groups in total. The number of nitrogens with one attached hydrogen (secondary N) is 1. The fourth-order valence-electron chi connectivity index (χ4n) is 4.42. The van der Waals surface area contributed by atoms with E-state index in [1.807, 2.05) is 0 Å². The lowest BCUT2D eigenvalue weighted by Crippen LogP contribution is -2.49. The van der Waals surface area contributed by atoms with E-state index in [-0.39, 0.29) is 17.4 Å². The molecule has 1 saturated heterocycles. The molecule has 1 atom stereocenters. The van der Waals surface area contributed by atoms with Crippen molar-refractivity contribution in [2.45, 2.75) is 81.9 Å². The first-order chi connectivity index (χ1) is 9.67. The molecule has 3 rings (SSSR count). The number of rotatable bonds is 3. The molecule has 1 amide bonds. The van der Waals surface area contributed by atoms with Crippen molar-refractivity contribution in [3.8, 4) is 0 Å². The highest BCUT2D eigenvalue weighted by Crippen LogP contribution is 2.40. The molecule has 0 bridgehead atoms. The van der Waals surface area contributed by atoms with Crippen LogP contribution in [0.3, 0.4) is 0 Å². The number of primary amides is 1. The Morgan fingerprint density at radius 3 is 2.40 bits per heavy atom. The third-order valence-corrected chi connectivity index (χ3v) is 5.61. The van der Waals surface area contributed by atoms with E-state index < -0.39 is 0 Å². The number of hydrogen-bond acceptors (Lipinski definition) is 3. The van der Waals surface area contributed by atoms with Crippen LogP contribution in [0.4, 0.5) is 0 Å². The van der Waals surface area contributed by atoms with Gasteiger partial charge in [-0.2, -0.15) is 0 Å². The van der Waals surface area contributed by atoms with Crippen LogP contribution in [0.1, 0.15) is 64.2 Å². The smallest absolute Gasteiger partial charge is 0.220 e. The molecule has 1 unspecified atom stereocenters. The Kier molecular flexibility index (Phi) is 4.32. The number of hydrogen-bond donors (Lipinski definition) is 2. The standard InChI is InChI=1S/C16H28N2O2/c17-15(19)12-3-5-13(6-4-12)18-14-7-10-20-16(11-14)8-1-2-9-16/h12-14,18H,1-11H2,(H2,17,19). The van der Waals surface area contributed by atoms with Crippen molar-refractivity contribution in [1.29, 1.82) is 0 Å². The summed E-state index contributed by atoms with van der Waals surface area (Å²) in [5.74, 6) is 0.00309. The van der Waals surface area contributed by atoms with Crippen molar-refractivity contribution in [3.05, 3.63) is 0 Å². The molecule has 2 saturated carbocycles. The maximum atomic E-state index is 11.2. The van der Waals surface area contributed by atoms with Crippen LogP contribution < -0.4 is 11.1 Å². The van der Waals surface area contributed by atoms with E-state index in [9.17, 15) is 4.79 Å². The highest BCUT2D eigenvalue weighted by molar-refractivity contribution is 5.76. The molecule has 1 spiro atoms. The lowest BCUT2D eigenvalue weighted by Gasteiger charge is -2.41. The molecule has 4 heteroatoms. The zero-order valence-electron chi connectivity index (χ0n) is 12.4. The fourth-order valence-corrected chi connectivity index (χ4v) is 4.42. The van der Waals surface area contributed by atoms with E-state index in [0.29, 0.717) is 12.1 Å². The Morgan fingerprint density at radius 1 is 1.05 bits per heavy atom. The van der Waals surface area contributed by atoms with Crippen molar-refractivity contribution in [2.75, 3.05) is 6.61 Å². The summed E-state index contributed by atoms with van der Waals surface area (Å²) in [5, 5.41) is 3.84. The molecule has 0 radical (unpaired) electrons. The van der Waals surface area contributed by atoms with Crippen LogP contribution in [0.25, 0.3) is 0 Å². The Hall–Kier alpha value is -0.610. The molecule has 3 fully saturated rings. The molecular weight excluding hydrogens is 252 g/mol. The summed E-state index contributed by atoms with van der Waals surface area (Å²) in [7, 11) is 0. The average molecular weight is 280 g/mol. The van der Waals surface area contributed by atoms with Crippen molar-refractivity contribution >= 4 is 5.91 Å². The third-order valence-electron chi connectivity index (χ3n) is 5.61. The van der Waals surface area contributed by atoms with E-state index in [2.05, 4.69) is 5.32 Å². The van der Waals surface area contributed by atoms with E-state index >= 15 is 0 Å². The Morgan fingerprint density at radius 2 is 1.75 bits per heavy atom. The van der Waals surface area contributed by atoms with Gasteiger partial charge in [0.25, 0.3) is 0 Å². The van der Waals surface area contributed by atoms with Gasteiger partial charge in [-0.15, -0.1) is 0 Å². The van der Waals surface area contributed by atoms with Gasteiger partial charge in [-0.1, -0.05) is 12.8 Å². The second-order valence-corrected chi connectivity index (χ2v) is 7.05. The summed E-state index contributed by atoms with van der Waals surface area (Å²) in [6.45, 7) is 0.911. The molecule has 0 aromatic carbocycles. The second kappa shape index (κ2) is 6.02. The number of carbonyl (C=O) groups excluding carboxylic acids is 1. The van der Waals surface area contributed by atoms with Gasteiger partial charge in [-0.3, -0.25) is 4.79 Å². The topological polar surface area (TPSA) is 64.4 Å². The number of ether oxygens (including phenoxy) is 1. The summed E-state index contributed by atoms with van der Waals surface area (Å²) < 4.78 is 6.09. The summed E-state index contributed by atoms with van der Waals surface area (Å²) in [4.78, 5) is 11.2. The minimum absolute atomic E-state index is 0.112. The molecule has 114 valence electrons. The molecule has 2 aliphatic carbocycles. The fraction of sp³-hybridized carbons (Fsp3) is 0.938. The van der Waals surface area contributed by atoms with Crippen LogP contribution >= 0.6 is 0 Å². The van der Waals surface area contributed by atoms with Crippen LogP contribution in [-0.2, 0) is 9.53 Å². The molecule has 20 heavy (non-hydrogen) atoms.